The Morgan fingerprint density at radius 2 is 1.71 bits per heavy atom. The number of rotatable bonds is 2. The Morgan fingerprint density at radius 3 is 2.47 bits per heavy atom. The van der Waals surface area contributed by atoms with Crippen molar-refractivity contribution in [2.45, 2.75) is 20.3 Å². The molecule has 0 radical (unpaired) electrons. The summed E-state index contributed by atoms with van der Waals surface area (Å²) in [6.45, 7) is 4.24. The lowest BCUT2D eigenvalue weighted by Crippen LogP contribution is -1.76. The highest BCUT2D eigenvalue weighted by atomic mass is 14.0. The molecule has 0 spiro atoms. The van der Waals surface area contributed by atoms with Crippen LogP contribution in [-0.4, -0.2) is 0 Å². The zero-order chi connectivity index (χ0) is 12.1. The highest BCUT2D eigenvalue weighted by Gasteiger charge is 1.93. The van der Waals surface area contributed by atoms with E-state index in [1.165, 1.54) is 22.3 Å². The second kappa shape index (κ2) is 5.49. The zero-order valence-electron chi connectivity index (χ0n) is 10.5. The summed E-state index contributed by atoms with van der Waals surface area (Å²) in [7, 11) is 0. The molecule has 0 fully saturated rings. The second-order valence-corrected chi connectivity index (χ2v) is 4.50. The van der Waals surface area contributed by atoms with Crippen molar-refractivity contribution in [2.24, 2.45) is 0 Å². The molecule has 0 N–H and O–H groups in total. The predicted molar refractivity (Wildman–Crippen MR) is 75.8 cm³/mol. The van der Waals surface area contributed by atoms with Crippen molar-refractivity contribution in [2.75, 3.05) is 0 Å². The summed E-state index contributed by atoms with van der Waals surface area (Å²) in [6.07, 6.45) is 14.1. The van der Waals surface area contributed by atoms with Crippen molar-refractivity contribution in [3.05, 3.63) is 76.9 Å². The van der Waals surface area contributed by atoms with E-state index in [0.717, 1.165) is 6.42 Å². The maximum atomic E-state index is 2.21. The van der Waals surface area contributed by atoms with Gasteiger partial charge >= 0.3 is 0 Å². The fourth-order valence-electron chi connectivity index (χ4n) is 1.75. The average molecular weight is 222 g/mol. The Balaban J connectivity index is 2.11. The monoisotopic (exact) mass is 222 g/mol. The van der Waals surface area contributed by atoms with Crippen LogP contribution in [0.5, 0.6) is 0 Å². The predicted octanol–water partition coefficient (Wildman–Crippen LogP) is 4.84. The van der Waals surface area contributed by atoms with Gasteiger partial charge in [0.1, 0.15) is 0 Å². The lowest BCUT2D eigenvalue weighted by molar-refractivity contribution is 1.30. The van der Waals surface area contributed by atoms with Gasteiger partial charge in [-0.05, 0) is 31.4 Å². The third-order valence-corrected chi connectivity index (χ3v) is 2.86. The van der Waals surface area contributed by atoms with Crippen LogP contribution in [0, 0.1) is 6.92 Å². The van der Waals surface area contributed by atoms with E-state index in [4.69, 9.17) is 0 Å². The Morgan fingerprint density at radius 1 is 0.941 bits per heavy atom. The molecule has 1 aromatic carbocycles. The van der Waals surface area contributed by atoms with Crippen LogP contribution in [0.1, 0.15) is 24.5 Å². The topological polar surface area (TPSA) is 0 Å². The van der Waals surface area contributed by atoms with E-state index in [2.05, 4.69) is 74.6 Å². The zero-order valence-corrected chi connectivity index (χ0v) is 10.5. The molecular formula is C17H18. The molecule has 0 unspecified atom stereocenters. The number of hydrogen-bond donors (Lipinski definition) is 0. The molecular weight excluding hydrogens is 204 g/mol. The first kappa shape index (κ1) is 11.7. The average Bonchev–Trinajstić information content (AvgIpc) is 2.54. The van der Waals surface area contributed by atoms with Crippen LogP contribution < -0.4 is 0 Å². The van der Waals surface area contributed by atoms with Crippen molar-refractivity contribution >= 4 is 6.08 Å². The molecule has 0 heterocycles. The highest BCUT2D eigenvalue weighted by molar-refractivity contribution is 5.54. The van der Waals surface area contributed by atoms with Crippen LogP contribution >= 0.6 is 0 Å². The third kappa shape index (κ3) is 3.60. The molecule has 0 heteroatoms. The third-order valence-electron chi connectivity index (χ3n) is 2.86. The fraction of sp³-hybridized carbons (Fsp3) is 0.176. The summed E-state index contributed by atoms with van der Waals surface area (Å²) in [6, 6.07) is 8.59. The van der Waals surface area contributed by atoms with Gasteiger partial charge in [-0.25, -0.2) is 0 Å². The minimum atomic E-state index is 1.01. The van der Waals surface area contributed by atoms with Gasteiger partial charge in [-0.3, -0.25) is 0 Å². The van der Waals surface area contributed by atoms with Crippen LogP contribution in [0.3, 0.4) is 0 Å². The summed E-state index contributed by atoms with van der Waals surface area (Å²) in [5, 5.41) is 0. The maximum Gasteiger partial charge on any atom is -0.00942 e. The van der Waals surface area contributed by atoms with Gasteiger partial charge < -0.3 is 0 Å². The summed E-state index contributed by atoms with van der Waals surface area (Å²) in [5.74, 6) is 0. The molecule has 86 valence electrons. The maximum absolute atomic E-state index is 2.21. The number of aryl methyl sites for hydroxylation is 1. The Bertz CT molecular complexity index is 493. The summed E-state index contributed by atoms with van der Waals surface area (Å²) < 4.78 is 0. The Labute approximate surface area is 104 Å². The lowest BCUT2D eigenvalue weighted by Gasteiger charge is -1.97. The van der Waals surface area contributed by atoms with Gasteiger partial charge in [-0.2, -0.15) is 0 Å². The van der Waals surface area contributed by atoms with Crippen LogP contribution in [0.25, 0.3) is 6.08 Å². The SMILES string of the molecule is CC1=CC=C(/C=C/c2ccc(C)cc2)CC=C1. The molecule has 1 aliphatic rings. The smallest absolute Gasteiger partial charge is 0.00942 e. The van der Waals surface area contributed by atoms with Crippen LogP contribution in [-0.2, 0) is 0 Å². The Hall–Kier alpha value is -1.82. The summed E-state index contributed by atoms with van der Waals surface area (Å²) in [4.78, 5) is 0. The summed E-state index contributed by atoms with van der Waals surface area (Å²) >= 11 is 0. The van der Waals surface area contributed by atoms with Gasteiger partial charge in [-0.1, -0.05) is 71.9 Å². The number of hydrogen-bond acceptors (Lipinski definition) is 0. The highest BCUT2D eigenvalue weighted by Crippen LogP contribution is 2.14. The number of benzene rings is 1. The quantitative estimate of drug-likeness (QED) is 0.671. The van der Waals surface area contributed by atoms with Gasteiger partial charge in [0.25, 0.3) is 0 Å². The molecule has 17 heavy (non-hydrogen) atoms. The molecule has 0 nitrogen and oxygen atoms in total. The molecule has 0 atom stereocenters. The standard InChI is InChI=1S/C17H18/c1-14-4-3-5-16(9-6-14)12-13-17-10-7-15(2)8-11-17/h3-4,6-13H,5H2,1-2H3/b13-12+. The van der Waals surface area contributed by atoms with Crippen molar-refractivity contribution in [1.29, 1.82) is 0 Å². The normalized spacial score (nSPS) is 15.6. The molecule has 1 aromatic rings. The first-order valence-corrected chi connectivity index (χ1v) is 6.03. The minimum absolute atomic E-state index is 1.01. The van der Waals surface area contributed by atoms with Crippen LogP contribution in [0.2, 0.25) is 0 Å². The van der Waals surface area contributed by atoms with E-state index in [1.54, 1.807) is 0 Å². The van der Waals surface area contributed by atoms with E-state index in [9.17, 15) is 0 Å². The van der Waals surface area contributed by atoms with E-state index < -0.39 is 0 Å². The first-order valence-electron chi connectivity index (χ1n) is 6.03. The van der Waals surface area contributed by atoms with Gasteiger partial charge in [0, 0.05) is 0 Å². The molecule has 0 saturated heterocycles. The molecule has 0 aliphatic heterocycles. The van der Waals surface area contributed by atoms with Crippen LogP contribution in [0.15, 0.2) is 65.8 Å². The van der Waals surface area contributed by atoms with E-state index in [1.807, 2.05) is 0 Å². The summed E-state index contributed by atoms with van der Waals surface area (Å²) in [5.41, 5.74) is 5.21. The molecule has 2 rings (SSSR count). The van der Waals surface area contributed by atoms with E-state index in [0.29, 0.717) is 0 Å². The van der Waals surface area contributed by atoms with E-state index >= 15 is 0 Å². The van der Waals surface area contributed by atoms with Crippen molar-refractivity contribution in [1.82, 2.24) is 0 Å². The minimum Gasteiger partial charge on any atom is -0.0799 e. The van der Waals surface area contributed by atoms with E-state index in [-0.39, 0.29) is 0 Å². The molecule has 1 aliphatic carbocycles. The molecule has 0 aromatic heterocycles. The first-order chi connectivity index (χ1) is 8.24. The second-order valence-electron chi connectivity index (χ2n) is 4.50. The Kier molecular flexibility index (Phi) is 3.77. The van der Waals surface area contributed by atoms with Crippen molar-refractivity contribution in [3.8, 4) is 0 Å². The van der Waals surface area contributed by atoms with Gasteiger partial charge in [0.05, 0.1) is 0 Å². The van der Waals surface area contributed by atoms with Gasteiger partial charge in [0.15, 0.2) is 0 Å². The number of allylic oxidation sites excluding steroid dienone is 7. The van der Waals surface area contributed by atoms with Gasteiger partial charge in [-0.15, -0.1) is 0 Å². The van der Waals surface area contributed by atoms with Crippen molar-refractivity contribution in [3.63, 3.8) is 0 Å². The van der Waals surface area contributed by atoms with Crippen molar-refractivity contribution < 1.29 is 0 Å². The fourth-order valence-corrected chi connectivity index (χ4v) is 1.75. The molecule has 0 bridgehead atoms. The van der Waals surface area contributed by atoms with Gasteiger partial charge in [0.2, 0.25) is 0 Å². The molecule has 0 saturated carbocycles. The largest absolute Gasteiger partial charge is 0.0799 e. The molecule has 0 amide bonds. The van der Waals surface area contributed by atoms with Crippen LogP contribution in [0.4, 0.5) is 0 Å². The lowest BCUT2D eigenvalue weighted by atomic mass is 10.1.